The van der Waals surface area contributed by atoms with Crippen LogP contribution in [-0.2, 0) is 6.54 Å². The van der Waals surface area contributed by atoms with Crippen molar-refractivity contribution in [3.05, 3.63) is 35.1 Å². The van der Waals surface area contributed by atoms with Crippen molar-refractivity contribution < 1.29 is 13.2 Å². The highest BCUT2D eigenvalue weighted by molar-refractivity contribution is 5.85. The fourth-order valence-electron chi connectivity index (χ4n) is 2.08. The summed E-state index contributed by atoms with van der Waals surface area (Å²) >= 11 is 0. The Morgan fingerprint density at radius 1 is 1.17 bits per heavy atom. The van der Waals surface area contributed by atoms with Gasteiger partial charge in [0.15, 0.2) is 11.6 Å². The van der Waals surface area contributed by atoms with E-state index in [1.54, 1.807) is 0 Å². The van der Waals surface area contributed by atoms with E-state index in [2.05, 4.69) is 0 Å². The molecule has 1 saturated heterocycles. The van der Waals surface area contributed by atoms with E-state index in [4.69, 9.17) is 5.73 Å². The molecule has 0 bridgehead atoms. The molecule has 0 spiro atoms. The minimum absolute atomic E-state index is 0. The van der Waals surface area contributed by atoms with Gasteiger partial charge in [-0.15, -0.1) is 12.4 Å². The molecular formula is C12H16ClF3N2. The molecule has 0 atom stereocenters. The number of piperidine rings is 1. The molecule has 0 unspecified atom stereocenters. The van der Waals surface area contributed by atoms with E-state index >= 15 is 0 Å². The lowest BCUT2D eigenvalue weighted by Crippen LogP contribution is -2.39. The molecule has 1 fully saturated rings. The maximum atomic E-state index is 13.4. The molecule has 6 heteroatoms. The first-order valence-corrected chi connectivity index (χ1v) is 5.67. The van der Waals surface area contributed by atoms with Crippen LogP contribution in [0, 0.1) is 17.5 Å². The molecule has 0 aliphatic carbocycles. The van der Waals surface area contributed by atoms with E-state index in [1.165, 1.54) is 0 Å². The second-order valence-electron chi connectivity index (χ2n) is 4.47. The zero-order chi connectivity index (χ0) is 12.4. The summed E-state index contributed by atoms with van der Waals surface area (Å²) in [6.45, 7) is 1.70. The van der Waals surface area contributed by atoms with Crippen LogP contribution in [0.5, 0.6) is 0 Å². The molecule has 2 rings (SSSR count). The number of rotatable bonds is 2. The Kier molecular flexibility index (Phi) is 5.44. The van der Waals surface area contributed by atoms with Crippen LogP contribution in [0.15, 0.2) is 12.1 Å². The lowest BCUT2D eigenvalue weighted by molar-refractivity contribution is 0.202. The van der Waals surface area contributed by atoms with Gasteiger partial charge in [0.25, 0.3) is 0 Å². The number of halogens is 4. The third-order valence-corrected chi connectivity index (χ3v) is 3.09. The lowest BCUT2D eigenvalue weighted by Gasteiger charge is -2.30. The van der Waals surface area contributed by atoms with E-state index in [9.17, 15) is 13.2 Å². The monoisotopic (exact) mass is 280 g/mol. The van der Waals surface area contributed by atoms with Gasteiger partial charge < -0.3 is 5.73 Å². The topological polar surface area (TPSA) is 29.3 Å². The van der Waals surface area contributed by atoms with E-state index in [0.29, 0.717) is 6.07 Å². The zero-order valence-corrected chi connectivity index (χ0v) is 10.7. The van der Waals surface area contributed by atoms with Gasteiger partial charge in [-0.3, -0.25) is 4.90 Å². The minimum atomic E-state index is -1.13. The summed E-state index contributed by atoms with van der Waals surface area (Å²) in [5, 5.41) is 0. The molecule has 1 aliphatic heterocycles. The number of hydrogen-bond donors (Lipinski definition) is 1. The van der Waals surface area contributed by atoms with E-state index in [-0.39, 0.29) is 30.6 Å². The van der Waals surface area contributed by atoms with Gasteiger partial charge in [-0.25, -0.2) is 13.2 Å². The van der Waals surface area contributed by atoms with E-state index < -0.39 is 17.5 Å². The molecule has 0 aromatic heterocycles. The molecule has 0 saturated carbocycles. The molecular weight excluding hydrogens is 265 g/mol. The van der Waals surface area contributed by atoms with Crippen molar-refractivity contribution in [1.82, 2.24) is 4.90 Å². The SMILES string of the molecule is Cl.NC1CCN(Cc2cc(F)cc(F)c2F)CC1. The van der Waals surface area contributed by atoms with Crippen LogP contribution in [0.1, 0.15) is 18.4 Å². The van der Waals surface area contributed by atoms with Crippen molar-refractivity contribution in [3.63, 3.8) is 0 Å². The number of nitrogens with zero attached hydrogens (tertiary/aromatic N) is 1. The predicted molar refractivity (Wildman–Crippen MR) is 66.1 cm³/mol. The maximum absolute atomic E-state index is 13.4. The molecule has 0 amide bonds. The molecule has 0 radical (unpaired) electrons. The number of likely N-dealkylation sites (tertiary alicyclic amines) is 1. The number of hydrogen-bond acceptors (Lipinski definition) is 2. The quantitative estimate of drug-likeness (QED) is 0.843. The molecule has 18 heavy (non-hydrogen) atoms. The number of benzene rings is 1. The van der Waals surface area contributed by atoms with Crippen LogP contribution < -0.4 is 5.73 Å². The fraction of sp³-hybridized carbons (Fsp3) is 0.500. The molecule has 1 aromatic rings. The average Bonchev–Trinajstić information content (AvgIpc) is 2.28. The summed E-state index contributed by atoms with van der Waals surface area (Å²) in [4.78, 5) is 1.96. The first-order valence-electron chi connectivity index (χ1n) is 5.67. The van der Waals surface area contributed by atoms with Crippen molar-refractivity contribution in [2.45, 2.75) is 25.4 Å². The molecule has 1 aromatic carbocycles. The summed E-state index contributed by atoms with van der Waals surface area (Å²) in [7, 11) is 0. The Morgan fingerprint density at radius 2 is 1.78 bits per heavy atom. The summed E-state index contributed by atoms with van der Waals surface area (Å²) in [6.07, 6.45) is 1.67. The summed E-state index contributed by atoms with van der Waals surface area (Å²) < 4.78 is 39.4. The van der Waals surface area contributed by atoms with Crippen molar-refractivity contribution in [3.8, 4) is 0 Å². The van der Waals surface area contributed by atoms with E-state index in [0.717, 1.165) is 32.0 Å². The van der Waals surface area contributed by atoms with Crippen molar-refractivity contribution >= 4 is 12.4 Å². The van der Waals surface area contributed by atoms with Crippen molar-refractivity contribution in [2.24, 2.45) is 5.73 Å². The normalized spacial score (nSPS) is 17.6. The van der Waals surface area contributed by atoms with Crippen LogP contribution in [0.25, 0.3) is 0 Å². The number of nitrogens with two attached hydrogens (primary N) is 1. The third-order valence-electron chi connectivity index (χ3n) is 3.09. The van der Waals surface area contributed by atoms with Crippen LogP contribution >= 0.6 is 12.4 Å². The Hall–Kier alpha value is -0.780. The van der Waals surface area contributed by atoms with Crippen LogP contribution in [0.4, 0.5) is 13.2 Å². The predicted octanol–water partition coefficient (Wildman–Crippen LogP) is 2.45. The van der Waals surface area contributed by atoms with Gasteiger partial charge in [0.2, 0.25) is 0 Å². The molecule has 102 valence electrons. The van der Waals surface area contributed by atoms with Gasteiger partial charge in [0.1, 0.15) is 5.82 Å². The highest BCUT2D eigenvalue weighted by Crippen LogP contribution is 2.18. The molecule has 2 nitrogen and oxygen atoms in total. The van der Waals surface area contributed by atoms with Gasteiger partial charge in [0, 0.05) is 24.2 Å². The molecule has 1 heterocycles. The van der Waals surface area contributed by atoms with Crippen LogP contribution in [-0.4, -0.2) is 24.0 Å². The maximum Gasteiger partial charge on any atom is 0.163 e. The Morgan fingerprint density at radius 3 is 2.39 bits per heavy atom. The Bertz CT molecular complexity index is 407. The van der Waals surface area contributed by atoms with Crippen molar-refractivity contribution in [2.75, 3.05) is 13.1 Å². The Labute approximate surface area is 110 Å². The average molecular weight is 281 g/mol. The van der Waals surface area contributed by atoms with Gasteiger partial charge in [0.05, 0.1) is 0 Å². The Balaban J connectivity index is 0.00000162. The second kappa shape index (κ2) is 6.41. The zero-order valence-electron chi connectivity index (χ0n) is 9.83. The highest BCUT2D eigenvalue weighted by Gasteiger charge is 2.19. The fourth-order valence-corrected chi connectivity index (χ4v) is 2.08. The summed E-state index contributed by atoms with van der Waals surface area (Å²) in [5.41, 5.74) is 5.82. The lowest BCUT2D eigenvalue weighted by atomic mass is 10.1. The summed E-state index contributed by atoms with van der Waals surface area (Å²) in [5.74, 6) is -2.83. The first-order chi connectivity index (χ1) is 8.06. The molecule has 2 N–H and O–H groups in total. The van der Waals surface area contributed by atoms with Crippen LogP contribution in [0.3, 0.4) is 0 Å². The minimum Gasteiger partial charge on any atom is -0.328 e. The van der Waals surface area contributed by atoms with Gasteiger partial charge in [-0.1, -0.05) is 0 Å². The summed E-state index contributed by atoms with van der Waals surface area (Å²) in [6, 6.07) is 1.79. The van der Waals surface area contributed by atoms with Gasteiger partial charge in [-0.05, 0) is 32.0 Å². The smallest absolute Gasteiger partial charge is 0.163 e. The second-order valence-corrected chi connectivity index (χ2v) is 4.47. The first kappa shape index (κ1) is 15.3. The molecule has 1 aliphatic rings. The van der Waals surface area contributed by atoms with Gasteiger partial charge in [-0.2, -0.15) is 0 Å². The van der Waals surface area contributed by atoms with E-state index in [1.807, 2.05) is 4.90 Å². The standard InChI is InChI=1S/C12H15F3N2.ClH/c13-9-5-8(12(15)11(14)6-9)7-17-3-1-10(16)2-4-17;/h5-6,10H,1-4,7,16H2;1H. The van der Waals surface area contributed by atoms with Crippen LogP contribution in [0.2, 0.25) is 0 Å². The largest absolute Gasteiger partial charge is 0.328 e. The van der Waals surface area contributed by atoms with Gasteiger partial charge >= 0.3 is 0 Å². The van der Waals surface area contributed by atoms with Crippen molar-refractivity contribution in [1.29, 1.82) is 0 Å². The third kappa shape index (κ3) is 3.60. The highest BCUT2D eigenvalue weighted by atomic mass is 35.5.